The van der Waals surface area contributed by atoms with Gasteiger partial charge in [-0.05, 0) is 6.26 Å². The molecule has 3 nitrogen and oxygen atoms in total. The normalized spacial score (nSPS) is 22.4. The minimum absolute atomic E-state index is 0.168. The molecule has 1 saturated heterocycles. The lowest BCUT2D eigenvalue weighted by Crippen LogP contribution is -2.46. The average molecular weight is 282 g/mol. The van der Waals surface area contributed by atoms with Gasteiger partial charge in [0.1, 0.15) is 0 Å². The smallest absolute Gasteiger partial charge is 0.223 e. The standard InChI is InChI=1S/C9H16BrNO2S/c1-14-5-2-9(12)11-3-4-13-8(6-10)7-11/h8H,2-7H2,1H3. The van der Waals surface area contributed by atoms with Crippen LogP contribution in [-0.2, 0) is 9.53 Å². The Morgan fingerprint density at radius 1 is 1.71 bits per heavy atom. The van der Waals surface area contributed by atoms with E-state index in [-0.39, 0.29) is 12.0 Å². The first kappa shape index (κ1) is 12.3. The minimum Gasteiger partial charge on any atom is -0.374 e. The summed E-state index contributed by atoms with van der Waals surface area (Å²) in [6.07, 6.45) is 2.84. The fourth-order valence-corrected chi connectivity index (χ4v) is 2.16. The van der Waals surface area contributed by atoms with Crippen LogP contribution in [-0.4, -0.2) is 53.9 Å². The summed E-state index contributed by atoms with van der Waals surface area (Å²) in [5.41, 5.74) is 0. The Labute approximate surface area is 97.7 Å². The van der Waals surface area contributed by atoms with Crippen LogP contribution in [0.15, 0.2) is 0 Å². The van der Waals surface area contributed by atoms with Crippen molar-refractivity contribution in [3.63, 3.8) is 0 Å². The highest BCUT2D eigenvalue weighted by molar-refractivity contribution is 9.09. The molecular formula is C9H16BrNO2S. The van der Waals surface area contributed by atoms with E-state index in [1.807, 2.05) is 11.2 Å². The number of nitrogens with zero attached hydrogens (tertiary/aromatic N) is 1. The van der Waals surface area contributed by atoms with Gasteiger partial charge >= 0.3 is 0 Å². The molecule has 0 aromatic rings. The number of halogens is 1. The van der Waals surface area contributed by atoms with Crippen LogP contribution in [0, 0.1) is 0 Å². The van der Waals surface area contributed by atoms with Crippen molar-refractivity contribution in [2.45, 2.75) is 12.5 Å². The van der Waals surface area contributed by atoms with Crippen molar-refractivity contribution in [2.24, 2.45) is 0 Å². The third-order valence-electron chi connectivity index (χ3n) is 2.18. The third-order valence-corrected chi connectivity index (χ3v) is 3.52. The second-order valence-electron chi connectivity index (χ2n) is 3.23. The molecule has 1 aliphatic rings. The van der Waals surface area contributed by atoms with Crippen LogP contribution < -0.4 is 0 Å². The topological polar surface area (TPSA) is 29.5 Å². The van der Waals surface area contributed by atoms with E-state index in [2.05, 4.69) is 15.9 Å². The number of alkyl halides is 1. The van der Waals surface area contributed by atoms with Crippen LogP contribution in [0.3, 0.4) is 0 Å². The summed E-state index contributed by atoms with van der Waals surface area (Å²) in [4.78, 5) is 13.6. The van der Waals surface area contributed by atoms with Gasteiger partial charge in [0.25, 0.3) is 0 Å². The molecule has 1 amide bonds. The lowest BCUT2D eigenvalue weighted by Gasteiger charge is -2.32. The largest absolute Gasteiger partial charge is 0.374 e. The van der Waals surface area contributed by atoms with Crippen molar-refractivity contribution in [3.8, 4) is 0 Å². The minimum atomic E-state index is 0.168. The van der Waals surface area contributed by atoms with E-state index in [0.29, 0.717) is 13.0 Å². The van der Waals surface area contributed by atoms with E-state index in [1.165, 1.54) is 0 Å². The van der Waals surface area contributed by atoms with Gasteiger partial charge in [0.05, 0.1) is 12.7 Å². The summed E-state index contributed by atoms with van der Waals surface area (Å²) in [5, 5.41) is 0.805. The summed E-state index contributed by atoms with van der Waals surface area (Å²) in [7, 11) is 0. The molecule has 5 heteroatoms. The third kappa shape index (κ3) is 3.79. The Morgan fingerprint density at radius 3 is 3.14 bits per heavy atom. The molecule has 1 rings (SSSR count). The van der Waals surface area contributed by atoms with Crippen molar-refractivity contribution in [3.05, 3.63) is 0 Å². The Morgan fingerprint density at radius 2 is 2.50 bits per heavy atom. The second-order valence-corrected chi connectivity index (χ2v) is 4.86. The molecule has 0 saturated carbocycles. The summed E-state index contributed by atoms with van der Waals surface area (Å²) in [6, 6.07) is 0. The fourth-order valence-electron chi connectivity index (χ4n) is 1.39. The lowest BCUT2D eigenvalue weighted by atomic mass is 10.3. The molecule has 1 aliphatic heterocycles. The summed E-state index contributed by atoms with van der Waals surface area (Å²) < 4.78 is 5.47. The van der Waals surface area contributed by atoms with Crippen molar-refractivity contribution in [2.75, 3.05) is 37.0 Å². The van der Waals surface area contributed by atoms with E-state index >= 15 is 0 Å². The van der Waals surface area contributed by atoms with Gasteiger partial charge in [0, 0.05) is 30.6 Å². The predicted molar refractivity (Wildman–Crippen MR) is 63.1 cm³/mol. The molecule has 1 heterocycles. The molecule has 0 aromatic heterocycles. The molecule has 82 valence electrons. The number of ether oxygens (including phenoxy) is 1. The second kappa shape index (κ2) is 6.69. The zero-order valence-electron chi connectivity index (χ0n) is 8.37. The maximum atomic E-state index is 11.7. The quantitative estimate of drug-likeness (QED) is 0.729. The van der Waals surface area contributed by atoms with Crippen molar-refractivity contribution in [1.82, 2.24) is 4.90 Å². The van der Waals surface area contributed by atoms with Gasteiger partial charge < -0.3 is 9.64 Å². The molecule has 0 N–H and O–H groups in total. The monoisotopic (exact) mass is 281 g/mol. The van der Waals surface area contributed by atoms with Gasteiger partial charge in [0.2, 0.25) is 5.91 Å². The number of hydrogen-bond donors (Lipinski definition) is 0. The number of amides is 1. The molecule has 0 bridgehead atoms. The molecular weight excluding hydrogens is 266 g/mol. The van der Waals surface area contributed by atoms with Gasteiger partial charge in [-0.25, -0.2) is 0 Å². The number of rotatable bonds is 4. The highest BCUT2D eigenvalue weighted by Gasteiger charge is 2.22. The molecule has 0 aliphatic carbocycles. The SMILES string of the molecule is CSCCC(=O)N1CCOC(CBr)C1. The van der Waals surface area contributed by atoms with Crippen LogP contribution in [0.2, 0.25) is 0 Å². The Hall–Kier alpha value is 0.260. The number of hydrogen-bond acceptors (Lipinski definition) is 3. The van der Waals surface area contributed by atoms with Crippen LogP contribution in [0.5, 0.6) is 0 Å². The van der Waals surface area contributed by atoms with Crippen LogP contribution in [0.25, 0.3) is 0 Å². The number of thioether (sulfide) groups is 1. The molecule has 1 fully saturated rings. The summed E-state index contributed by atoms with van der Waals surface area (Å²) in [6.45, 7) is 2.15. The first-order valence-electron chi connectivity index (χ1n) is 4.72. The maximum absolute atomic E-state index is 11.7. The number of carbonyl (C=O) groups excluding carboxylic acids is 1. The molecule has 1 unspecified atom stereocenters. The van der Waals surface area contributed by atoms with Gasteiger partial charge in [-0.1, -0.05) is 15.9 Å². The van der Waals surface area contributed by atoms with Crippen molar-refractivity contribution < 1.29 is 9.53 Å². The lowest BCUT2D eigenvalue weighted by molar-refractivity contribution is -0.137. The van der Waals surface area contributed by atoms with E-state index in [0.717, 1.165) is 24.2 Å². The molecule has 0 radical (unpaired) electrons. The highest BCUT2D eigenvalue weighted by Crippen LogP contribution is 2.09. The first-order chi connectivity index (χ1) is 6.77. The first-order valence-corrected chi connectivity index (χ1v) is 7.23. The van der Waals surface area contributed by atoms with Crippen LogP contribution in [0.4, 0.5) is 0 Å². The molecule has 1 atom stereocenters. The summed E-state index contributed by atoms with van der Waals surface area (Å²) in [5.74, 6) is 1.17. The van der Waals surface area contributed by atoms with Crippen molar-refractivity contribution in [1.29, 1.82) is 0 Å². The Kier molecular flexibility index (Phi) is 5.89. The zero-order chi connectivity index (χ0) is 10.4. The van der Waals surface area contributed by atoms with Crippen LogP contribution in [0.1, 0.15) is 6.42 Å². The molecule has 14 heavy (non-hydrogen) atoms. The van der Waals surface area contributed by atoms with E-state index in [9.17, 15) is 4.79 Å². The van der Waals surface area contributed by atoms with Gasteiger partial charge in [-0.15, -0.1) is 0 Å². The average Bonchev–Trinajstić information content (AvgIpc) is 2.26. The predicted octanol–water partition coefficient (Wildman–Crippen LogP) is 1.36. The van der Waals surface area contributed by atoms with Gasteiger partial charge in [-0.2, -0.15) is 11.8 Å². The highest BCUT2D eigenvalue weighted by atomic mass is 79.9. The molecule has 0 spiro atoms. The Balaban J connectivity index is 2.31. The number of morpholine rings is 1. The van der Waals surface area contributed by atoms with E-state index in [1.54, 1.807) is 11.8 Å². The Bertz CT molecular complexity index is 192. The van der Waals surface area contributed by atoms with Crippen LogP contribution >= 0.6 is 27.7 Å². The zero-order valence-corrected chi connectivity index (χ0v) is 10.8. The summed E-state index contributed by atoms with van der Waals surface area (Å²) >= 11 is 5.09. The van der Waals surface area contributed by atoms with E-state index < -0.39 is 0 Å². The fraction of sp³-hybridized carbons (Fsp3) is 0.889. The number of carbonyl (C=O) groups is 1. The van der Waals surface area contributed by atoms with Gasteiger partial charge in [0.15, 0.2) is 0 Å². The maximum Gasteiger partial charge on any atom is 0.223 e. The van der Waals surface area contributed by atoms with E-state index in [4.69, 9.17) is 4.74 Å². The molecule has 0 aromatic carbocycles. The van der Waals surface area contributed by atoms with Gasteiger partial charge in [-0.3, -0.25) is 4.79 Å². The van der Waals surface area contributed by atoms with Crippen molar-refractivity contribution >= 4 is 33.6 Å².